The summed E-state index contributed by atoms with van der Waals surface area (Å²) in [5.41, 5.74) is 4.21. The highest BCUT2D eigenvalue weighted by molar-refractivity contribution is 6.06. The van der Waals surface area contributed by atoms with Crippen molar-refractivity contribution in [3.8, 4) is 0 Å². The van der Waals surface area contributed by atoms with E-state index in [4.69, 9.17) is 0 Å². The molecule has 8 heteroatoms. The van der Waals surface area contributed by atoms with Gasteiger partial charge in [0, 0.05) is 29.9 Å². The molecule has 1 spiro atoms. The van der Waals surface area contributed by atoms with Gasteiger partial charge >= 0.3 is 5.97 Å². The predicted molar refractivity (Wildman–Crippen MR) is 142 cm³/mol. The highest BCUT2D eigenvalue weighted by Crippen LogP contribution is 2.47. The molecule has 0 saturated carbocycles. The maximum Gasteiger partial charge on any atom is 0.326 e. The van der Waals surface area contributed by atoms with Gasteiger partial charge in [0.05, 0.1) is 16.5 Å². The average molecular weight is 507 g/mol. The molecule has 2 aromatic heterocycles. The molecule has 2 aliphatic rings. The molecular weight excluding hydrogens is 480 g/mol. The Bertz CT molecular complexity index is 1600. The normalized spacial score (nSPS) is 18.2. The summed E-state index contributed by atoms with van der Waals surface area (Å²) in [6.45, 7) is 1.94. The van der Waals surface area contributed by atoms with Gasteiger partial charge in [0.25, 0.3) is 5.91 Å². The molecule has 8 nitrogen and oxygen atoms in total. The lowest BCUT2D eigenvalue weighted by molar-refractivity contribution is -0.142. The first-order valence-electron chi connectivity index (χ1n) is 12.7. The number of rotatable bonds is 6. The van der Waals surface area contributed by atoms with Crippen molar-refractivity contribution in [2.45, 2.75) is 44.2 Å². The largest absolute Gasteiger partial charge is 0.480 e. The van der Waals surface area contributed by atoms with Gasteiger partial charge in [0.1, 0.15) is 11.9 Å². The molecule has 0 saturated heterocycles. The molecule has 0 bridgehead atoms. The molecule has 2 atom stereocenters. The van der Waals surface area contributed by atoms with Crippen molar-refractivity contribution >= 4 is 34.5 Å². The molecule has 2 amide bonds. The predicted octanol–water partition coefficient (Wildman–Crippen LogP) is 4.12. The number of aromatic nitrogens is 2. The van der Waals surface area contributed by atoms with Crippen LogP contribution in [-0.4, -0.2) is 43.8 Å². The maximum atomic E-state index is 13.7. The first kappa shape index (κ1) is 23.8. The van der Waals surface area contributed by atoms with Gasteiger partial charge in [-0.2, -0.15) is 0 Å². The summed E-state index contributed by atoms with van der Waals surface area (Å²) in [5, 5.41) is 13.5. The third kappa shape index (κ3) is 3.80. The Morgan fingerprint density at radius 1 is 1.05 bits per heavy atom. The number of hydrogen-bond acceptors (Lipinski definition) is 5. The van der Waals surface area contributed by atoms with E-state index in [1.54, 1.807) is 19.2 Å². The fourth-order valence-electron chi connectivity index (χ4n) is 5.81. The minimum atomic E-state index is -1.04. The number of anilines is 1. The van der Waals surface area contributed by atoms with Gasteiger partial charge in [-0.3, -0.25) is 14.6 Å². The van der Waals surface area contributed by atoms with Crippen molar-refractivity contribution in [3.63, 3.8) is 0 Å². The van der Waals surface area contributed by atoms with Gasteiger partial charge in [-0.05, 0) is 60.2 Å². The van der Waals surface area contributed by atoms with Gasteiger partial charge < -0.3 is 15.3 Å². The summed E-state index contributed by atoms with van der Waals surface area (Å²) >= 11 is 0. The van der Waals surface area contributed by atoms with Crippen LogP contribution in [-0.2, 0) is 34.4 Å². The van der Waals surface area contributed by atoms with Crippen LogP contribution >= 0.6 is 0 Å². The minimum absolute atomic E-state index is 0.0499. The number of hydrogen-bond donors (Lipinski definition) is 2. The average Bonchev–Trinajstić information content (AvgIpc) is 3.43. The number of carboxylic acid groups (broad SMARTS) is 1. The first-order valence-corrected chi connectivity index (χ1v) is 12.7. The van der Waals surface area contributed by atoms with Gasteiger partial charge in [-0.1, -0.05) is 43.3 Å². The molecule has 2 aromatic carbocycles. The number of benzene rings is 2. The van der Waals surface area contributed by atoms with Crippen LogP contribution in [0.5, 0.6) is 0 Å². The fraction of sp³-hybridized carbons (Fsp3) is 0.233. The molecule has 6 rings (SSSR count). The lowest BCUT2D eigenvalue weighted by atomic mass is 9.79. The molecule has 0 radical (unpaired) electrons. The number of nitrogens with zero attached hydrogens (tertiary/aromatic N) is 3. The number of amides is 2. The molecule has 0 fully saturated rings. The van der Waals surface area contributed by atoms with Gasteiger partial charge in [-0.15, -0.1) is 0 Å². The molecule has 1 unspecified atom stereocenters. The Labute approximate surface area is 219 Å². The quantitative estimate of drug-likeness (QED) is 0.407. The second kappa shape index (κ2) is 9.06. The molecule has 1 aliphatic carbocycles. The monoisotopic (exact) mass is 506 g/mol. The second-order valence-corrected chi connectivity index (χ2v) is 10.0. The number of carbonyl (C=O) groups excluding carboxylic acids is 2. The zero-order valence-corrected chi connectivity index (χ0v) is 20.8. The lowest BCUT2D eigenvalue weighted by Crippen LogP contribution is -2.44. The topological polar surface area (TPSA) is 112 Å². The van der Waals surface area contributed by atoms with Crippen molar-refractivity contribution in [2.24, 2.45) is 0 Å². The van der Waals surface area contributed by atoms with E-state index in [1.807, 2.05) is 54.6 Å². The van der Waals surface area contributed by atoms with Crippen molar-refractivity contribution in [3.05, 3.63) is 101 Å². The number of pyridine rings is 2. The van der Waals surface area contributed by atoms with Gasteiger partial charge in [0.2, 0.25) is 5.91 Å². The van der Waals surface area contributed by atoms with Crippen LogP contribution in [0.2, 0.25) is 0 Å². The number of nitrogens with one attached hydrogen (secondary N) is 1. The summed E-state index contributed by atoms with van der Waals surface area (Å²) in [5.74, 6) is -0.864. The van der Waals surface area contributed by atoms with Crippen LogP contribution < -0.4 is 5.32 Å². The molecule has 38 heavy (non-hydrogen) atoms. The van der Waals surface area contributed by atoms with E-state index in [0.29, 0.717) is 24.2 Å². The Balaban J connectivity index is 1.35. The van der Waals surface area contributed by atoms with E-state index in [2.05, 4.69) is 15.3 Å². The molecule has 2 N–H and O–H groups in total. The summed E-state index contributed by atoms with van der Waals surface area (Å²) in [4.78, 5) is 49.1. The smallest absolute Gasteiger partial charge is 0.326 e. The Kier molecular flexibility index (Phi) is 5.67. The van der Waals surface area contributed by atoms with Crippen molar-refractivity contribution < 1.29 is 19.5 Å². The van der Waals surface area contributed by atoms with E-state index in [1.165, 1.54) is 11.1 Å². The highest BCUT2D eigenvalue weighted by Gasteiger charge is 2.51. The van der Waals surface area contributed by atoms with Crippen LogP contribution in [0.4, 0.5) is 5.82 Å². The van der Waals surface area contributed by atoms with Crippen LogP contribution in [0.25, 0.3) is 10.9 Å². The molecule has 3 heterocycles. The van der Waals surface area contributed by atoms with Gasteiger partial charge in [-0.25, -0.2) is 9.78 Å². The van der Waals surface area contributed by atoms with Gasteiger partial charge in [0.15, 0.2) is 0 Å². The minimum Gasteiger partial charge on any atom is -0.480 e. The highest BCUT2D eigenvalue weighted by atomic mass is 16.4. The van der Waals surface area contributed by atoms with Crippen molar-refractivity contribution in [1.29, 1.82) is 0 Å². The van der Waals surface area contributed by atoms with Crippen LogP contribution in [0.3, 0.4) is 0 Å². The summed E-state index contributed by atoms with van der Waals surface area (Å²) < 4.78 is 0. The fourth-order valence-corrected chi connectivity index (χ4v) is 5.81. The maximum absolute atomic E-state index is 13.7. The van der Waals surface area contributed by atoms with E-state index in [0.717, 1.165) is 33.2 Å². The summed E-state index contributed by atoms with van der Waals surface area (Å²) in [7, 11) is 0. The van der Waals surface area contributed by atoms with E-state index in [-0.39, 0.29) is 24.8 Å². The zero-order chi connectivity index (χ0) is 26.4. The third-order valence-corrected chi connectivity index (χ3v) is 7.73. The Morgan fingerprint density at radius 3 is 2.55 bits per heavy atom. The summed E-state index contributed by atoms with van der Waals surface area (Å²) in [6, 6.07) is 18.0. The number of carboxylic acids is 1. The Morgan fingerprint density at radius 2 is 1.82 bits per heavy atom. The molecule has 1 aliphatic heterocycles. The van der Waals surface area contributed by atoms with Crippen LogP contribution in [0.1, 0.15) is 46.0 Å². The second-order valence-electron chi connectivity index (χ2n) is 10.0. The molecule has 190 valence electrons. The molecular formula is C30H26N4O4. The zero-order valence-electron chi connectivity index (χ0n) is 20.8. The Hall–Kier alpha value is -4.59. The SMILES string of the molecule is CCC(C(=O)O)N(Cc1ccccc1)C(=O)c1cnc2cc3c(cc2c1)C[C@@]1(C3)C(=O)Nc2ncccc21. The number of fused-ring (bicyclic) bond motifs is 4. The van der Waals surface area contributed by atoms with Crippen molar-refractivity contribution in [1.82, 2.24) is 14.9 Å². The summed E-state index contributed by atoms with van der Waals surface area (Å²) in [6.07, 6.45) is 4.56. The van der Waals surface area contributed by atoms with Crippen molar-refractivity contribution in [2.75, 3.05) is 5.32 Å². The molecule has 4 aromatic rings. The number of carbonyl (C=O) groups is 3. The van der Waals surface area contributed by atoms with E-state index in [9.17, 15) is 19.5 Å². The third-order valence-electron chi connectivity index (χ3n) is 7.73. The van der Waals surface area contributed by atoms with Crippen LogP contribution in [0.15, 0.2) is 73.1 Å². The van der Waals surface area contributed by atoms with Crippen LogP contribution in [0, 0.1) is 0 Å². The lowest BCUT2D eigenvalue weighted by Gasteiger charge is -2.28. The number of aliphatic carboxylic acids is 1. The standard InChI is InChI=1S/C30H26N4O4/c1-2-25(28(36)37)34(17-18-7-4-3-5-8-18)27(35)22-12-19-11-20-14-30(15-21(20)13-24(19)32-16-22)23-9-6-10-31-26(23)33-29(30)38/h3-13,16,25H,2,14-15,17H2,1H3,(H,36,37)(H,31,33,38)/t25?,30-/m0/s1. The van der Waals surface area contributed by atoms with E-state index < -0.39 is 17.4 Å². The van der Waals surface area contributed by atoms with E-state index >= 15 is 0 Å². The first-order chi connectivity index (χ1) is 18.4.